The Labute approximate surface area is 117 Å². The number of nitro benzene ring substituents is 1. The van der Waals surface area contributed by atoms with Crippen molar-refractivity contribution in [2.24, 2.45) is 5.41 Å². The molecule has 0 spiro atoms. The normalized spacial score (nSPS) is 15.8. The highest BCUT2D eigenvalue weighted by molar-refractivity contribution is 5.59. The zero-order chi connectivity index (χ0) is 14.8. The van der Waals surface area contributed by atoms with Crippen LogP contribution in [0.15, 0.2) is 12.1 Å². The average molecular weight is 282 g/mol. The molecule has 1 aliphatic rings. The highest BCUT2D eigenvalue weighted by Gasteiger charge is 2.41. The quantitative estimate of drug-likeness (QED) is 0.611. The van der Waals surface area contributed by atoms with E-state index in [9.17, 15) is 14.5 Å². The van der Waals surface area contributed by atoms with E-state index in [4.69, 9.17) is 4.74 Å². The Hall–Kier alpha value is -1.85. The lowest BCUT2D eigenvalue weighted by Gasteiger charge is -2.16. The maximum absolute atomic E-state index is 13.9. The zero-order valence-electron chi connectivity index (χ0n) is 11.7. The van der Waals surface area contributed by atoms with Crippen molar-refractivity contribution in [3.8, 4) is 5.75 Å². The molecule has 0 bridgehead atoms. The van der Waals surface area contributed by atoms with E-state index >= 15 is 0 Å². The summed E-state index contributed by atoms with van der Waals surface area (Å²) in [5.74, 6) is -0.552. The highest BCUT2D eigenvalue weighted by Crippen LogP contribution is 2.49. The molecule has 2 rings (SSSR count). The van der Waals surface area contributed by atoms with Crippen LogP contribution in [0.1, 0.15) is 32.6 Å². The van der Waals surface area contributed by atoms with Crippen molar-refractivity contribution in [3.05, 3.63) is 28.1 Å². The summed E-state index contributed by atoms with van der Waals surface area (Å²) >= 11 is 0. The third-order valence-corrected chi connectivity index (χ3v) is 3.86. The van der Waals surface area contributed by atoms with Crippen molar-refractivity contribution >= 4 is 11.4 Å². The molecule has 6 heteroatoms. The molecule has 5 nitrogen and oxygen atoms in total. The largest absolute Gasteiger partial charge is 0.490 e. The molecule has 1 saturated carbocycles. The van der Waals surface area contributed by atoms with Crippen molar-refractivity contribution in [1.29, 1.82) is 0 Å². The van der Waals surface area contributed by atoms with Gasteiger partial charge in [-0.3, -0.25) is 10.1 Å². The predicted molar refractivity (Wildman–Crippen MR) is 74.7 cm³/mol. The second-order valence-electron chi connectivity index (χ2n) is 5.36. The zero-order valence-corrected chi connectivity index (χ0v) is 11.7. The minimum atomic E-state index is -0.648. The van der Waals surface area contributed by atoms with E-state index in [1.807, 2.05) is 0 Å². The summed E-state index contributed by atoms with van der Waals surface area (Å²) in [6.45, 7) is 2.83. The van der Waals surface area contributed by atoms with Gasteiger partial charge in [0.05, 0.1) is 23.8 Å². The van der Waals surface area contributed by atoms with Crippen molar-refractivity contribution in [1.82, 2.24) is 0 Å². The van der Waals surface area contributed by atoms with Crippen LogP contribution in [0, 0.1) is 21.3 Å². The molecule has 0 aromatic heterocycles. The SMILES string of the molecule is CCCC1(CNc2cc(OC)c([N+](=O)[O-])cc2F)CC1. The molecule has 1 aromatic carbocycles. The van der Waals surface area contributed by atoms with Gasteiger partial charge in [0.15, 0.2) is 11.6 Å². The van der Waals surface area contributed by atoms with Crippen LogP contribution in [0.25, 0.3) is 0 Å². The van der Waals surface area contributed by atoms with Gasteiger partial charge in [0.1, 0.15) is 0 Å². The molecule has 1 fully saturated rings. The molecule has 0 amide bonds. The highest BCUT2D eigenvalue weighted by atomic mass is 19.1. The summed E-state index contributed by atoms with van der Waals surface area (Å²) in [6.07, 6.45) is 4.53. The summed E-state index contributed by atoms with van der Waals surface area (Å²) in [5.41, 5.74) is 0.177. The average Bonchev–Trinajstić information content (AvgIpc) is 3.17. The monoisotopic (exact) mass is 282 g/mol. The molecule has 0 saturated heterocycles. The molecule has 20 heavy (non-hydrogen) atoms. The molecular formula is C14H19FN2O3. The van der Waals surface area contributed by atoms with Gasteiger partial charge in [0, 0.05) is 12.6 Å². The molecule has 1 N–H and O–H groups in total. The van der Waals surface area contributed by atoms with E-state index in [-0.39, 0.29) is 22.5 Å². The maximum Gasteiger partial charge on any atom is 0.313 e. The molecule has 1 aromatic rings. The number of ether oxygens (including phenoxy) is 1. The first kappa shape index (κ1) is 14.6. The van der Waals surface area contributed by atoms with Crippen LogP contribution < -0.4 is 10.1 Å². The fourth-order valence-corrected chi connectivity index (χ4v) is 2.49. The van der Waals surface area contributed by atoms with Crippen LogP contribution in [-0.2, 0) is 0 Å². The number of halogens is 1. The minimum Gasteiger partial charge on any atom is -0.490 e. The van der Waals surface area contributed by atoms with Crippen LogP contribution in [-0.4, -0.2) is 18.6 Å². The molecule has 0 atom stereocenters. The fourth-order valence-electron chi connectivity index (χ4n) is 2.49. The Bertz CT molecular complexity index is 515. The number of methoxy groups -OCH3 is 1. The van der Waals surface area contributed by atoms with E-state index < -0.39 is 10.7 Å². The summed E-state index contributed by atoms with van der Waals surface area (Å²) in [6, 6.07) is 2.26. The molecule has 1 aliphatic carbocycles. The standard InChI is InChI=1S/C14H19FN2O3/c1-3-4-14(5-6-14)9-16-11-8-13(20-2)12(17(18)19)7-10(11)15/h7-8,16H,3-6,9H2,1-2H3. The first-order valence-electron chi connectivity index (χ1n) is 6.77. The number of rotatable bonds is 7. The summed E-state index contributed by atoms with van der Waals surface area (Å²) in [7, 11) is 1.34. The molecule has 0 radical (unpaired) electrons. The first-order chi connectivity index (χ1) is 9.51. The smallest absolute Gasteiger partial charge is 0.313 e. The van der Waals surface area contributed by atoms with Crippen LogP contribution in [0.2, 0.25) is 0 Å². The van der Waals surface area contributed by atoms with Gasteiger partial charge in [-0.25, -0.2) is 4.39 Å². The fraction of sp³-hybridized carbons (Fsp3) is 0.571. The Balaban J connectivity index is 2.14. The van der Waals surface area contributed by atoms with Crippen molar-refractivity contribution in [2.75, 3.05) is 19.0 Å². The van der Waals surface area contributed by atoms with Crippen LogP contribution >= 0.6 is 0 Å². The topological polar surface area (TPSA) is 64.4 Å². The van der Waals surface area contributed by atoms with Gasteiger partial charge in [-0.2, -0.15) is 0 Å². The van der Waals surface area contributed by atoms with Gasteiger partial charge >= 0.3 is 5.69 Å². The van der Waals surface area contributed by atoms with Crippen LogP contribution in [0.4, 0.5) is 15.8 Å². The third-order valence-electron chi connectivity index (χ3n) is 3.86. The molecule has 0 heterocycles. The van der Waals surface area contributed by atoms with E-state index in [2.05, 4.69) is 12.2 Å². The lowest BCUT2D eigenvalue weighted by molar-refractivity contribution is -0.385. The third kappa shape index (κ3) is 3.00. The number of hydrogen-bond donors (Lipinski definition) is 1. The summed E-state index contributed by atoms with van der Waals surface area (Å²) < 4.78 is 18.8. The van der Waals surface area contributed by atoms with Crippen molar-refractivity contribution in [3.63, 3.8) is 0 Å². The van der Waals surface area contributed by atoms with Gasteiger partial charge in [-0.15, -0.1) is 0 Å². The Morgan fingerprint density at radius 2 is 2.20 bits per heavy atom. The van der Waals surface area contributed by atoms with Gasteiger partial charge in [0.25, 0.3) is 0 Å². The molecular weight excluding hydrogens is 263 g/mol. The lowest BCUT2D eigenvalue weighted by atomic mass is 10.0. The Morgan fingerprint density at radius 1 is 1.50 bits per heavy atom. The number of nitro groups is 1. The van der Waals surface area contributed by atoms with E-state index in [0.29, 0.717) is 6.54 Å². The lowest BCUT2D eigenvalue weighted by Crippen LogP contribution is -2.16. The minimum absolute atomic E-state index is 0.0687. The molecule has 0 aliphatic heterocycles. The maximum atomic E-state index is 13.9. The summed E-state index contributed by atoms with van der Waals surface area (Å²) in [4.78, 5) is 10.1. The van der Waals surface area contributed by atoms with E-state index in [1.54, 1.807) is 0 Å². The number of nitrogens with one attached hydrogen (secondary N) is 1. The molecule has 0 unspecified atom stereocenters. The predicted octanol–water partition coefficient (Wildman–Crippen LogP) is 3.73. The number of nitrogens with zero attached hydrogens (tertiary/aromatic N) is 1. The van der Waals surface area contributed by atoms with E-state index in [1.165, 1.54) is 13.2 Å². The second kappa shape index (κ2) is 5.64. The molecule has 110 valence electrons. The Kier molecular flexibility index (Phi) is 4.11. The van der Waals surface area contributed by atoms with E-state index in [0.717, 1.165) is 31.7 Å². The van der Waals surface area contributed by atoms with Crippen LogP contribution in [0.5, 0.6) is 5.75 Å². The number of benzene rings is 1. The Morgan fingerprint density at radius 3 is 2.70 bits per heavy atom. The van der Waals surface area contributed by atoms with Crippen molar-refractivity contribution < 1.29 is 14.1 Å². The van der Waals surface area contributed by atoms with Gasteiger partial charge in [-0.1, -0.05) is 13.3 Å². The van der Waals surface area contributed by atoms with Crippen LogP contribution in [0.3, 0.4) is 0 Å². The number of hydrogen-bond acceptors (Lipinski definition) is 4. The first-order valence-corrected chi connectivity index (χ1v) is 6.77. The van der Waals surface area contributed by atoms with Crippen molar-refractivity contribution in [2.45, 2.75) is 32.6 Å². The van der Waals surface area contributed by atoms with Gasteiger partial charge < -0.3 is 10.1 Å². The van der Waals surface area contributed by atoms with Gasteiger partial charge in [-0.05, 0) is 24.7 Å². The number of anilines is 1. The summed E-state index contributed by atoms with van der Waals surface area (Å²) in [5, 5.41) is 13.9. The second-order valence-corrected chi connectivity index (χ2v) is 5.36. The van der Waals surface area contributed by atoms with Gasteiger partial charge in [0.2, 0.25) is 0 Å².